The Kier molecular flexibility index (Phi) is 4.04. The standard InChI is InChI=1S/C13H15IN2O/c1-10(2)16-8-7-12(15-16)9-17-13-5-3-11(14)4-6-13/h3-8,10H,9H2,1-2H3. The largest absolute Gasteiger partial charge is 0.487 e. The highest BCUT2D eigenvalue weighted by Gasteiger charge is 2.02. The summed E-state index contributed by atoms with van der Waals surface area (Å²) in [6, 6.07) is 10.4. The van der Waals surface area contributed by atoms with Crippen molar-refractivity contribution >= 4 is 22.6 Å². The number of hydrogen-bond acceptors (Lipinski definition) is 2. The first-order valence-electron chi connectivity index (χ1n) is 5.57. The van der Waals surface area contributed by atoms with Gasteiger partial charge in [-0.2, -0.15) is 5.10 Å². The van der Waals surface area contributed by atoms with Crippen LogP contribution in [0.5, 0.6) is 5.75 Å². The molecule has 2 rings (SSSR count). The molecule has 2 aromatic rings. The maximum Gasteiger partial charge on any atom is 0.132 e. The van der Waals surface area contributed by atoms with Crippen molar-refractivity contribution in [3.8, 4) is 5.75 Å². The first kappa shape index (κ1) is 12.4. The first-order valence-corrected chi connectivity index (χ1v) is 6.65. The molecule has 4 heteroatoms. The molecule has 0 aliphatic carbocycles. The lowest BCUT2D eigenvalue weighted by atomic mass is 10.3. The maximum absolute atomic E-state index is 5.66. The lowest BCUT2D eigenvalue weighted by Gasteiger charge is -2.05. The summed E-state index contributed by atoms with van der Waals surface area (Å²) in [7, 11) is 0. The Morgan fingerprint density at radius 2 is 1.94 bits per heavy atom. The number of hydrogen-bond donors (Lipinski definition) is 0. The average Bonchev–Trinajstić information content (AvgIpc) is 2.77. The van der Waals surface area contributed by atoms with Crippen LogP contribution in [0.4, 0.5) is 0 Å². The minimum absolute atomic E-state index is 0.391. The molecule has 1 aromatic heterocycles. The van der Waals surface area contributed by atoms with Gasteiger partial charge in [0.25, 0.3) is 0 Å². The SMILES string of the molecule is CC(C)n1ccc(COc2ccc(I)cc2)n1. The molecule has 0 atom stereocenters. The Balaban J connectivity index is 1.95. The second-order valence-corrected chi connectivity index (χ2v) is 5.37. The Morgan fingerprint density at radius 1 is 1.24 bits per heavy atom. The van der Waals surface area contributed by atoms with Gasteiger partial charge in [0.2, 0.25) is 0 Å². The van der Waals surface area contributed by atoms with Gasteiger partial charge in [0, 0.05) is 15.8 Å². The average molecular weight is 342 g/mol. The van der Waals surface area contributed by atoms with E-state index < -0.39 is 0 Å². The molecule has 0 bridgehead atoms. The van der Waals surface area contributed by atoms with Gasteiger partial charge in [-0.15, -0.1) is 0 Å². The molecular weight excluding hydrogens is 327 g/mol. The van der Waals surface area contributed by atoms with Crippen LogP contribution >= 0.6 is 22.6 Å². The van der Waals surface area contributed by atoms with Gasteiger partial charge < -0.3 is 4.74 Å². The highest BCUT2D eigenvalue weighted by Crippen LogP contribution is 2.15. The summed E-state index contributed by atoms with van der Waals surface area (Å²) in [5, 5.41) is 4.43. The normalized spacial score (nSPS) is 10.8. The molecular formula is C13H15IN2O. The molecule has 0 aliphatic rings. The second-order valence-electron chi connectivity index (χ2n) is 4.12. The van der Waals surface area contributed by atoms with E-state index in [4.69, 9.17) is 4.74 Å². The molecule has 17 heavy (non-hydrogen) atoms. The van der Waals surface area contributed by atoms with Crippen LogP contribution in [0, 0.1) is 3.57 Å². The zero-order chi connectivity index (χ0) is 12.3. The third-order valence-corrected chi connectivity index (χ3v) is 3.11. The van der Waals surface area contributed by atoms with E-state index in [0.29, 0.717) is 12.6 Å². The van der Waals surface area contributed by atoms with Crippen molar-refractivity contribution in [3.63, 3.8) is 0 Å². The molecule has 0 radical (unpaired) electrons. The van der Waals surface area contributed by atoms with Gasteiger partial charge >= 0.3 is 0 Å². The van der Waals surface area contributed by atoms with Crippen LogP contribution in [0.3, 0.4) is 0 Å². The van der Waals surface area contributed by atoms with E-state index in [1.807, 2.05) is 41.2 Å². The van der Waals surface area contributed by atoms with E-state index in [2.05, 4.69) is 41.5 Å². The molecule has 1 heterocycles. The summed E-state index contributed by atoms with van der Waals surface area (Å²) in [6.45, 7) is 4.73. The molecule has 0 unspecified atom stereocenters. The Labute approximate surface area is 115 Å². The molecule has 0 spiro atoms. The number of benzene rings is 1. The Bertz CT molecular complexity index is 476. The van der Waals surface area contributed by atoms with E-state index >= 15 is 0 Å². The fourth-order valence-corrected chi connectivity index (χ4v) is 1.79. The lowest BCUT2D eigenvalue weighted by molar-refractivity contribution is 0.298. The fourth-order valence-electron chi connectivity index (χ4n) is 1.43. The van der Waals surface area contributed by atoms with Crippen LogP contribution in [0.2, 0.25) is 0 Å². The van der Waals surface area contributed by atoms with Gasteiger partial charge in [-0.1, -0.05) is 0 Å². The van der Waals surface area contributed by atoms with Gasteiger partial charge in [0.1, 0.15) is 12.4 Å². The van der Waals surface area contributed by atoms with Crippen molar-refractivity contribution in [1.82, 2.24) is 9.78 Å². The predicted molar refractivity (Wildman–Crippen MR) is 76.1 cm³/mol. The summed E-state index contributed by atoms with van der Waals surface area (Å²) in [5.41, 5.74) is 0.956. The zero-order valence-corrected chi connectivity index (χ0v) is 12.1. The zero-order valence-electron chi connectivity index (χ0n) is 9.93. The molecule has 3 nitrogen and oxygen atoms in total. The van der Waals surface area contributed by atoms with Crippen molar-refractivity contribution in [1.29, 1.82) is 0 Å². The van der Waals surface area contributed by atoms with Crippen molar-refractivity contribution in [3.05, 3.63) is 45.8 Å². The van der Waals surface area contributed by atoms with E-state index in [9.17, 15) is 0 Å². The summed E-state index contributed by atoms with van der Waals surface area (Å²) in [6.07, 6.45) is 1.98. The van der Waals surface area contributed by atoms with Crippen molar-refractivity contribution in [2.24, 2.45) is 0 Å². The van der Waals surface area contributed by atoms with Crippen molar-refractivity contribution in [2.45, 2.75) is 26.5 Å². The minimum atomic E-state index is 0.391. The summed E-state index contributed by atoms with van der Waals surface area (Å²) < 4.78 is 8.81. The van der Waals surface area contributed by atoms with E-state index in [1.54, 1.807) is 0 Å². The second kappa shape index (κ2) is 5.53. The summed E-state index contributed by atoms with van der Waals surface area (Å²) in [4.78, 5) is 0. The number of ether oxygens (including phenoxy) is 1. The number of nitrogens with zero attached hydrogens (tertiary/aromatic N) is 2. The smallest absolute Gasteiger partial charge is 0.132 e. The third kappa shape index (κ3) is 3.46. The summed E-state index contributed by atoms with van der Waals surface area (Å²) >= 11 is 2.28. The summed E-state index contributed by atoms with van der Waals surface area (Å²) in [5.74, 6) is 0.879. The van der Waals surface area contributed by atoms with Crippen LogP contribution in [0.25, 0.3) is 0 Å². The number of halogens is 1. The molecule has 90 valence electrons. The van der Waals surface area contributed by atoms with Crippen LogP contribution in [0.1, 0.15) is 25.6 Å². The van der Waals surface area contributed by atoms with Crippen LogP contribution in [-0.4, -0.2) is 9.78 Å². The Hall–Kier alpha value is -1.04. The van der Waals surface area contributed by atoms with Gasteiger partial charge in [-0.05, 0) is 66.8 Å². The topological polar surface area (TPSA) is 27.1 Å². The highest BCUT2D eigenvalue weighted by molar-refractivity contribution is 14.1. The predicted octanol–water partition coefficient (Wildman–Crippen LogP) is 3.65. The third-order valence-electron chi connectivity index (χ3n) is 2.39. The van der Waals surface area contributed by atoms with E-state index in [0.717, 1.165) is 11.4 Å². The molecule has 0 amide bonds. The van der Waals surface area contributed by atoms with Crippen LogP contribution in [-0.2, 0) is 6.61 Å². The minimum Gasteiger partial charge on any atom is -0.487 e. The quantitative estimate of drug-likeness (QED) is 0.793. The number of aromatic nitrogens is 2. The Morgan fingerprint density at radius 3 is 2.53 bits per heavy atom. The van der Waals surface area contributed by atoms with Gasteiger partial charge in [-0.3, -0.25) is 4.68 Å². The van der Waals surface area contributed by atoms with Crippen LogP contribution < -0.4 is 4.74 Å². The van der Waals surface area contributed by atoms with Gasteiger partial charge in [-0.25, -0.2) is 0 Å². The first-order chi connectivity index (χ1) is 8.15. The van der Waals surface area contributed by atoms with Crippen LogP contribution in [0.15, 0.2) is 36.5 Å². The molecule has 1 aromatic carbocycles. The van der Waals surface area contributed by atoms with Crippen molar-refractivity contribution < 1.29 is 4.74 Å². The monoisotopic (exact) mass is 342 g/mol. The lowest BCUT2D eigenvalue weighted by Crippen LogP contribution is -2.03. The molecule has 0 saturated carbocycles. The molecule has 0 aliphatic heterocycles. The van der Waals surface area contributed by atoms with Crippen molar-refractivity contribution in [2.75, 3.05) is 0 Å². The molecule has 0 saturated heterocycles. The van der Waals surface area contributed by atoms with Gasteiger partial charge in [0.05, 0.1) is 5.69 Å². The maximum atomic E-state index is 5.66. The van der Waals surface area contributed by atoms with E-state index in [1.165, 1.54) is 3.57 Å². The van der Waals surface area contributed by atoms with Gasteiger partial charge in [0.15, 0.2) is 0 Å². The molecule has 0 N–H and O–H groups in total. The highest BCUT2D eigenvalue weighted by atomic mass is 127. The number of rotatable bonds is 4. The van der Waals surface area contributed by atoms with E-state index in [-0.39, 0.29) is 0 Å². The fraction of sp³-hybridized carbons (Fsp3) is 0.308. The molecule has 0 fully saturated rings.